The van der Waals surface area contributed by atoms with Crippen molar-refractivity contribution in [2.45, 2.75) is 25.7 Å². The average Bonchev–Trinajstić information content (AvgIpc) is 3.30. The van der Waals surface area contributed by atoms with E-state index in [0.29, 0.717) is 39.1 Å². The summed E-state index contributed by atoms with van der Waals surface area (Å²) >= 11 is 3.45. The third-order valence-electron chi connectivity index (χ3n) is 5.62. The van der Waals surface area contributed by atoms with Crippen molar-refractivity contribution in [3.63, 3.8) is 0 Å². The van der Waals surface area contributed by atoms with Crippen molar-refractivity contribution in [1.82, 2.24) is 15.0 Å². The Bertz CT molecular complexity index is 1510. The van der Waals surface area contributed by atoms with Gasteiger partial charge in [0.1, 0.15) is 5.52 Å². The van der Waals surface area contributed by atoms with Crippen LogP contribution < -0.4 is 15.5 Å². The molecule has 0 fully saturated rings. The van der Waals surface area contributed by atoms with Crippen LogP contribution in [0.5, 0.6) is 0 Å². The number of hydrogen-bond acceptors (Lipinski definition) is 8. The Morgan fingerprint density at radius 3 is 2.68 bits per heavy atom. The van der Waals surface area contributed by atoms with E-state index in [2.05, 4.69) is 54.2 Å². The number of thiazole rings is 1. The number of carbonyl (C=O) groups is 2. The van der Waals surface area contributed by atoms with Gasteiger partial charge in [-0.2, -0.15) is 10.2 Å². The minimum Gasteiger partial charge on any atom is -0.322 e. The first-order valence-corrected chi connectivity index (χ1v) is 13.7. The van der Waals surface area contributed by atoms with Crippen molar-refractivity contribution in [1.29, 1.82) is 5.26 Å². The van der Waals surface area contributed by atoms with Gasteiger partial charge in [0.15, 0.2) is 9.96 Å². The number of nitrogens with zero attached hydrogens (tertiary/aromatic N) is 5. The normalized spacial score (nSPS) is 11.1. The summed E-state index contributed by atoms with van der Waals surface area (Å²) in [6, 6.07) is 16.7. The van der Waals surface area contributed by atoms with Crippen LogP contribution in [0, 0.1) is 11.3 Å². The van der Waals surface area contributed by atoms with Crippen LogP contribution in [0.25, 0.3) is 10.3 Å². The van der Waals surface area contributed by atoms with Crippen LogP contribution in [0.15, 0.2) is 54.7 Å². The highest BCUT2D eigenvalue weighted by molar-refractivity contribution is 14.1. The summed E-state index contributed by atoms with van der Waals surface area (Å²) in [5, 5.41) is 15.6. The summed E-state index contributed by atoms with van der Waals surface area (Å²) in [4.78, 5) is 40.7. The van der Waals surface area contributed by atoms with Gasteiger partial charge in [0.25, 0.3) is 5.91 Å². The minimum absolute atomic E-state index is 0.0851. The second-order valence-corrected chi connectivity index (χ2v) is 10.8. The summed E-state index contributed by atoms with van der Waals surface area (Å²) < 4.78 is 0.731. The number of benzene rings is 2. The Hall–Kier alpha value is -3.63. The lowest BCUT2D eigenvalue weighted by atomic mass is 9.85. The van der Waals surface area contributed by atoms with E-state index in [1.807, 2.05) is 45.2 Å². The summed E-state index contributed by atoms with van der Waals surface area (Å²) in [5.41, 5.74) is 2.55. The number of aromatic nitrogens is 3. The van der Waals surface area contributed by atoms with Crippen molar-refractivity contribution in [2.24, 2.45) is 0 Å². The highest BCUT2D eigenvalue weighted by Gasteiger charge is 2.21. The van der Waals surface area contributed by atoms with Gasteiger partial charge in [-0.15, -0.1) is 0 Å². The molecule has 4 aromatic rings. The predicted octanol–water partition coefficient (Wildman–Crippen LogP) is 5.67. The molecule has 0 spiro atoms. The summed E-state index contributed by atoms with van der Waals surface area (Å²) in [6.07, 6.45) is 2.05. The molecule has 0 bridgehead atoms. The van der Waals surface area contributed by atoms with Crippen LogP contribution in [0.2, 0.25) is 0 Å². The van der Waals surface area contributed by atoms with Crippen LogP contribution >= 0.6 is 33.9 Å². The number of amides is 2. The second-order valence-electron chi connectivity index (χ2n) is 8.75. The second kappa shape index (κ2) is 11.2. The average molecular weight is 625 g/mol. The quantitative estimate of drug-likeness (QED) is 0.191. The van der Waals surface area contributed by atoms with E-state index in [9.17, 15) is 14.9 Å². The van der Waals surface area contributed by atoms with Crippen molar-refractivity contribution in [2.75, 3.05) is 27.0 Å². The highest BCUT2D eigenvalue weighted by atomic mass is 127. The summed E-state index contributed by atoms with van der Waals surface area (Å²) in [5.74, 6) is 0.101. The van der Waals surface area contributed by atoms with Crippen LogP contribution in [-0.4, -0.2) is 38.2 Å². The third-order valence-corrected chi connectivity index (χ3v) is 7.04. The standard InChI is InChI=1S/C26H24IN7O2S/c1-26(2,15-28)17-7-4-6-16(12-17)22(36)30-18-8-5-9-19(13-18)34(3)24-29-14-20-23(33-24)37-25(31-20)32-21(35)10-11-27/h4-9,12-14H,10-11H2,1-3H3,(H,30,36)(H,31,32,35). The molecule has 2 heterocycles. The van der Waals surface area contributed by atoms with Gasteiger partial charge in [-0.25, -0.2) is 9.97 Å². The molecular weight excluding hydrogens is 601 g/mol. The van der Waals surface area contributed by atoms with Crippen LogP contribution in [0.1, 0.15) is 36.2 Å². The number of nitrogens with one attached hydrogen (secondary N) is 2. The maximum Gasteiger partial charge on any atom is 0.255 e. The maximum atomic E-state index is 12.9. The van der Waals surface area contributed by atoms with Crippen LogP contribution in [0.3, 0.4) is 0 Å². The number of anilines is 4. The Kier molecular flexibility index (Phi) is 7.99. The molecule has 0 aliphatic heterocycles. The summed E-state index contributed by atoms with van der Waals surface area (Å²) in [7, 11) is 1.83. The molecule has 2 aromatic carbocycles. The van der Waals surface area contributed by atoms with Crippen molar-refractivity contribution in [3.8, 4) is 6.07 Å². The van der Waals surface area contributed by atoms with Crippen molar-refractivity contribution >= 4 is 78.5 Å². The van der Waals surface area contributed by atoms with Crippen molar-refractivity contribution in [3.05, 3.63) is 65.9 Å². The van der Waals surface area contributed by atoms with Crippen LogP contribution in [-0.2, 0) is 10.2 Å². The smallest absolute Gasteiger partial charge is 0.255 e. The molecule has 4 rings (SSSR count). The van der Waals surface area contributed by atoms with Gasteiger partial charge in [-0.3, -0.25) is 9.59 Å². The zero-order valence-corrected chi connectivity index (χ0v) is 23.4. The molecule has 2 aromatic heterocycles. The molecule has 0 unspecified atom stereocenters. The molecule has 0 saturated heterocycles. The number of nitriles is 1. The number of hydrogen-bond donors (Lipinski definition) is 2. The Morgan fingerprint density at radius 2 is 1.92 bits per heavy atom. The molecule has 0 aliphatic rings. The molecule has 11 heteroatoms. The van der Waals surface area contributed by atoms with Crippen LogP contribution in [0.4, 0.5) is 22.5 Å². The van der Waals surface area contributed by atoms with Gasteiger partial charge in [-0.1, -0.05) is 52.1 Å². The molecule has 2 amide bonds. The minimum atomic E-state index is -0.695. The zero-order chi connectivity index (χ0) is 26.6. The molecule has 37 heavy (non-hydrogen) atoms. The molecule has 0 atom stereocenters. The molecule has 188 valence electrons. The van der Waals surface area contributed by atoms with E-state index < -0.39 is 5.41 Å². The first kappa shape index (κ1) is 26.4. The van der Waals surface area contributed by atoms with Gasteiger partial charge in [0.2, 0.25) is 11.9 Å². The lowest BCUT2D eigenvalue weighted by Gasteiger charge is -2.18. The first-order chi connectivity index (χ1) is 17.7. The third kappa shape index (κ3) is 6.20. The Labute approximate surface area is 232 Å². The fraction of sp³-hybridized carbons (Fsp3) is 0.231. The van der Waals surface area contributed by atoms with Gasteiger partial charge in [0, 0.05) is 34.8 Å². The predicted molar refractivity (Wildman–Crippen MR) is 155 cm³/mol. The van der Waals surface area contributed by atoms with Crippen molar-refractivity contribution < 1.29 is 9.59 Å². The molecule has 0 saturated carbocycles. The molecule has 2 N–H and O–H groups in total. The molecule has 9 nitrogen and oxygen atoms in total. The fourth-order valence-corrected chi connectivity index (χ4v) is 4.75. The molecule has 0 radical (unpaired) electrons. The van der Waals surface area contributed by atoms with E-state index in [1.54, 1.807) is 35.4 Å². The lowest BCUT2D eigenvalue weighted by Crippen LogP contribution is -2.17. The number of halogens is 1. The van der Waals surface area contributed by atoms with E-state index in [1.165, 1.54) is 11.3 Å². The van der Waals surface area contributed by atoms with Gasteiger partial charge in [0.05, 0.1) is 17.7 Å². The monoisotopic (exact) mass is 625 g/mol. The van der Waals surface area contributed by atoms with Gasteiger partial charge >= 0.3 is 0 Å². The maximum absolute atomic E-state index is 12.9. The van der Waals surface area contributed by atoms with Gasteiger partial charge in [-0.05, 0) is 49.7 Å². The number of alkyl halides is 1. The SMILES string of the molecule is CN(c1cccc(NC(=O)c2cccc(C(C)(C)C#N)c2)c1)c1ncc2nc(NC(=O)CCI)sc2n1. The number of fused-ring (bicyclic) bond motifs is 1. The zero-order valence-electron chi connectivity index (χ0n) is 20.4. The lowest BCUT2D eigenvalue weighted by molar-refractivity contribution is -0.115. The van der Waals surface area contributed by atoms with E-state index in [0.717, 1.165) is 15.7 Å². The van der Waals surface area contributed by atoms with E-state index in [4.69, 9.17) is 0 Å². The summed E-state index contributed by atoms with van der Waals surface area (Å²) in [6.45, 7) is 3.63. The Morgan fingerprint density at radius 1 is 1.14 bits per heavy atom. The highest BCUT2D eigenvalue weighted by Crippen LogP contribution is 2.29. The molecular formula is C26H24IN7O2S. The largest absolute Gasteiger partial charge is 0.322 e. The van der Waals surface area contributed by atoms with E-state index >= 15 is 0 Å². The fourth-order valence-electron chi connectivity index (χ4n) is 3.43. The topological polar surface area (TPSA) is 124 Å². The van der Waals surface area contributed by atoms with E-state index in [-0.39, 0.29) is 11.8 Å². The Balaban J connectivity index is 1.51. The number of rotatable bonds is 8. The first-order valence-electron chi connectivity index (χ1n) is 11.4. The number of carbonyl (C=O) groups excluding carboxylic acids is 2. The van der Waals surface area contributed by atoms with Gasteiger partial charge < -0.3 is 15.5 Å². The molecule has 0 aliphatic carbocycles.